The lowest BCUT2D eigenvalue weighted by atomic mass is 10.2. The number of hydrogen-bond donors (Lipinski definition) is 1. The smallest absolute Gasteiger partial charge is 0.261 e. The summed E-state index contributed by atoms with van der Waals surface area (Å²) in [6.07, 6.45) is 0. The molecule has 0 fully saturated rings. The molecule has 0 saturated carbocycles. The number of nitrogens with zero attached hydrogens (tertiary/aromatic N) is 3. The van der Waals surface area contributed by atoms with Crippen LogP contribution in [0.3, 0.4) is 0 Å². The second-order valence-corrected chi connectivity index (χ2v) is 5.98. The summed E-state index contributed by atoms with van der Waals surface area (Å²) in [5.74, 6) is 1.01. The Balaban J connectivity index is 2.04. The molecular weight excluding hydrogens is 272 g/mol. The molecule has 6 heteroatoms. The topological polar surface area (TPSA) is 77.8 Å². The zero-order valence-corrected chi connectivity index (χ0v) is 12.3. The van der Waals surface area contributed by atoms with Gasteiger partial charge >= 0.3 is 0 Å². The molecule has 2 N–H and O–H groups in total. The van der Waals surface area contributed by atoms with E-state index in [0.29, 0.717) is 16.7 Å². The molecule has 0 spiro atoms. The highest BCUT2D eigenvalue weighted by Crippen LogP contribution is 2.33. The molecule has 0 aliphatic carbocycles. The van der Waals surface area contributed by atoms with E-state index in [1.807, 2.05) is 39.0 Å². The van der Waals surface area contributed by atoms with Gasteiger partial charge in [-0.05, 0) is 39.0 Å². The monoisotopic (exact) mass is 286 g/mol. The second-order valence-electron chi connectivity index (χ2n) is 4.70. The van der Waals surface area contributed by atoms with Gasteiger partial charge in [-0.3, -0.25) is 4.98 Å². The van der Waals surface area contributed by atoms with Gasteiger partial charge in [0.2, 0.25) is 5.82 Å². The normalized spacial score (nSPS) is 10.9. The van der Waals surface area contributed by atoms with Crippen LogP contribution in [0.15, 0.2) is 22.7 Å². The number of rotatable bonds is 2. The Hall–Kier alpha value is -2.21. The number of nitrogen functional groups attached to an aromatic ring is 1. The van der Waals surface area contributed by atoms with E-state index >= 15 is 0 Å². The predicted molar refractivity (Wildman–Crippen MR) is 79.5 cm³/mol. The highest BCUT2D eigenvalue weighted by molar-refractivity contribution is 7.16. The van der Waals surface area contributed by atoms with Crippen LogP contribution in [-0.2, 0) is 0 Å². The number of aromatic nitrogens is 3. The van der Waals surface area contributed by atoms with Gasteiger partial charge in [-0.2, -0.15) is 4.98 Å². The summed E-state index contributed by atoms with van der Waals surface area (Å²) in [6, 6.07) is 5.83. The van der Waals surface area contributed by atoms with Crippen molar-refractivity contribution in [3.05, 3.63) is 34.5 Å². The molecule has 3 aromatic heterocycles. The lowest BCUT2D eigenvalue weighted by Crippen LogP contribution is -1.89. The summed E-state index contributed by atoms with van der Waals surface area (Å²) >= 11 is 1.51. The number of aryl methyl sites for hydroxylation is 3. The summed E-state index contributed by atoms with van der Waals surface area (Å²) < 4.78 is 5.32. The lowest BCUT2D eigenvalue weighted by Gasteiger charge is -1.98. The maximum atomic E-state index is 5.95. The largest absolute Gasteiger partial charge is 0.390 e. The molecule has 0 aliphatic heterocycles. The van der Waals surface area contributed by atoms with E-state index in [2.05, 4.69) is 15.1 Å². The van der Waals surface area contributed by atoms with Crippen molar-refractivity contribution < 1.29 is 4.52 Å². The van der Waals surface area contributed by atoms with E-state index in [1.54, 1.807) is 0 Å². The van der Waals surface area contributed by atoms with Crippen molar-refractivity contribution in [2.45, 2.75) is 20.8 Å². The standard InChI is InChI=1S/C14H14N4OS/c1-7-4-10(5-8(2)16-7)13-17-14(19-18-13)11-6-9(3)20-12(11)15/h4-6H,15H2,1-3H3. The molecule has 0 aliphatic rings. The summed E-state index contributed by atoms with van der Waals surface area (Å²) in [5, 5.41) is 4.72. The van der Waals surface area contributed by atoms with Gasteiger partial charge in [0, 0.05) is 21.8 Å². The molecule has 0 aromatic carbocycles. The van der Waals surface area contributed by atoms with Crippen molar-refractivity contribution in [3.8, 4) is 22.8 Å². The Morgan fingerprint density at radius 1 is 1.05 bits per heavy atom. The third kappa shape index (κ3) is 2.30. The van der Waals surface area contributed by atoms with Crippen molar-refractivity contribution in [3.63, 3.8) is 0 Å². The van der Waals surface area contributed by atoms with Gasteiger partial charge in [-0.25, -0.2) is 0 Å². The van der Waals surface area contributed by atoms with Crippen LogP contribution in [0.4, 0.5) is 5.00 Å². The zero-order valence-electron chi connectivity index (χ0n) is 11.5. The highest BCUT2D eigenvalue weighted by atomic mass is 32.1. The van der Waals surface area contributed by atoms with E-state index in [9.17, 15) is 0 Å². The van der Waals surface area contributed by atoms with Gasteiger partial charge in [0.15, 0.2) is 0 Å². The predicted octanol–water partition coefficient (Wildman–Crippen LogP) is 3.37. The average molecular weight is 286 g/mol. The van der Waals surface area contributed by atoms with Gasteiger partial charge < -0.3 is 10.3 Å². The maximum absolute atomic E-state index is 5.95. The van der Waals surface area contributed by atoms with Crippen molar-refractivity contribution in [1.29, 1.82) is 0 Å². The molecule has 102 valence electrons. The summed E-state index contributed by atoms with van der Waals surface area (Å²) in [5.41, 5.74) is 9.50. The minimum absolute atomic E-state index is 0.453. The van der Waals surface area contributed by atoms with Crippen LogP contribution < -0.4 is 5.73 Å². The van der Waals surface area contributed by atoms with Crippen LogP contribution in [0.1, 0.15) is 16.3 Å². The molecular formula is C14H14N4OS. The second kappa shape index (κ2) is 4.72. The van der Waals surface area contributed by atoms with Gasteiger partial charge in [-0.1, -0.05) is 5.16 Å². The first kappa shape index (κ1) is 12.8. The molecule has 3 heterocycles. The first-order valence-electron chi connectivity index (χ1n) is 6.18. The van der Waals surface area contributed by atoms with Gasteiger partial charge in [0.25, 0.3) is 5.89 Å². The summed E-state index contributed by atoms with van der Waals surface area (Å²) in [4.78, 5) is 9.88. The van der Waals surface area contributed by atoms with E-state index in [0.717, 1.165) is 27.4 Å². The number of anilines is 1. The van der Waals surface area contributed by atoms with Crippen LogP contribution in [0.5, 0.6) is 0 Å². The van der Waals surface area contributed by atoms with Crippen molar-refractivity contribution in [1.82, 2.24) is 15.1 Å². The van der Waals surface area contributed by atoms with Gasteiger partial charge in [-0.15, -0.1) is 11.3 Å². The molecule has 0 amide bonds. The SMILES string of the molecule is Cc1cc(-c2noc(-c3cc(C)sc3N)n2)cc(C)n1. The van der Waals surface area contributed by atoms with E-state index in [4.69, 9.17) is 10.3 Å². The Kier molecular flexibility index (Phi) is 3.02. The number of thiophene rings is 1. The van der Waals surface area contributed by atoms with Crippen molar-refractivity contribution in [2.75, 3.05) is 5.73 Å². The molecule has 0 bridgehead atoms. The van der Waals surface area contributed by atoms with Crippen LogP contribution >= 0.6 is 11.3 Å². The quantitative estimate of drug-likeness (QED) is 0.781. The van der Waals surface area contributed by atoms with Crippen molar-refractivity contribution >= 4 is 16.3 Å². The lowest BCUT2D eigenvalue weighted by molar-refractivity contribution is 0.432. The minimum Gasteiger partial charge on any atom is -0.390 e. The first-order chi connectivity index (χ1) is 9.52. The third-order valence-electron chi connectivity index (χ3n) is 2.88. The molecule has 3 aromatic rings. The van der Waals surface area contributed by atoms with Gasteiger partial charge in [0.1, 0.15) is 0 Å². The Morgan fingerprint density at radius 3 is 2.35 bits per heavy atom. The summed E-state index contributed by atoms with van der Waals surface area (Å²) in [6.45, 7) is 5.88. The fourth-order valence-electron chi connectivity index (χ4n) is 2.11. The van der Waals surface area contributed by atoms with Crippen LogP contribution in [0.25, 0.3) is 22.8 Å². The molecule has 3 rings (SSSR count). The fourth-order valence-corrected chi connectivity index (χ4v) is 2.89. The molecule has 0 atom stereocenters. The van der Waals surface area contributed by atoms with Crippen LogP contribution in [-0.4, -0.2) is 15.1 Å². The summed E-state index contributed by atoms with van der Waals surface area (Å²) in [7, 11) is 0. The average Bonchev–Trinajstić information content (AvgIpc) is 2.94. The number of nitrogens with two attached hydrogens (primary N) is 1. The van der Waals surface area contributed by atoms with E-state index < -0.39 is 0 Å². The van der Waals surface area contributed by atoms with E-state index in [1.165, 1.54) is 11.3 Å². The molecule has 0 radical (unpaired) electrons. The number of pyridine rings is 1. The first-order valence-corrected chi connectivity index (χ1v) is 7.00. The molecule has 20 heavy (non-hydrogen) atoms. The highest BCUT2D eigenvalue weighted by Gasteiger charge is 2.15. The molecule has 0 saturated heterocycles. The van der Waals surface area contributed by atoms with Crippen LogP contribution in [0, 0.1) is 20.8 Å². The minimum atomic E-state index is 0.453. The molecule has 5 nitrogen and oxygen atoms in total. The zero-order chi connectivity index (χ0) is 14.3. The fraction of sp³-hybridized carbons (Fsp3) is 0.214. The number of hydrogen-bond acceptors (Lipinski definition) is 6. The Morgan fingerprint density at radius 2 is 1.75 bits per heavy atom. The third-order valence-corrected chi connectivity index (χ3v) is 3.76. The van der Waals surface area contributed by atoms with E-state index in [-0.39, 0.29) is 0 Å². The van der Waals surface area contributed by atoms with Crippen LogP contribution in [0.2, 0.25) is 0 Å². The van der Waals surface area contributed by atoms with Crippen molar-refractivity contribution in [2.24, 2.45) is 0 Å². The Labute approximate surface area is 120 Å². The molecule has 0 unspecified atom stereocenters. The Bertz CT molecular complexity index is 755. The maximum Gasteiger partial charge on any atom is 0.261 e. The van der Waals surface area contributed by atoms with Gasteiger partial charge in [0.05, 0.1) is 10.6 Å².